The van der Waals surface area contributed by atoms with Gasteiger partial charge in [0.15, 0.2) is 0 Å². The number of para-hydroxylation sites is 1. The highest BCUT2D eigenvalue weighted by Gasteiger charge is 2.09. The van der Waals surface area contributed by atoms with Crippen molar-refractivity contribution < 1.29 is 9.90 Å². The Morgan fingerprint density at radius 1 is 1.09 bits per heavy atom. The third kappa shape index (κ3) is 4.60. The third-order valence-corrected chi connectivity index (χ3v) is 3.48. The average Bonchev–Trinajstić information content (AvgIpc) is 2.55. The van der Waals surface area contributed by atoms with Crippen molar-refractivity contribution in [2.24, 2.45) is 0 Å². The van der Waals surface area contributed by atoms with Gasteiger partial charge in [-0.3, -0.25) is 4.79 Å². The minimum absolute atomic E-state index is 0.0411. The number of nitrogens with zero attached hydrogens (tertiary/aromatic N) is 1. The van der Waals surface area contributed by atoms with Gasteiger partial charge in [-0.25, -0.2) is 0 Å². The van der Waals surface area contributed by atoms with Crippen LogP contribution in [0.1, 0.15) is 12.5 Å². The molecule has 0 bridgehead atoms. The highest BCUT2D eigenvalue weighted by atomic mass is 16.2. The fourth-order valence-corrected chi connectivity index (χ4v) is 2.28. The summed E-state index contributed by atoms with van der Waals surface area (Å²) in [7, 11) is 0. The lowest BCUT2D eigenvalue weighted by Crippen LogP contribution is -2.33. The quantitative estimate of drug-likeness (QED) is 0.826. The number of hydrogen-bond acceptors (Lipinski definition) is 3. The first-order valence-electron chi connectivity index (χ1n) is 7.52. The van der Waals surface area contributed by atoms with Crippen molar-refractivity contribution in [3.05, 3.63) is 60.2 Å². The second-order valence-corrected chi connectivity index (χ2v) is 5.07. The zero-order valence-corrected chi connectivity index (χ0v) is 12.8. The van der Waals surface area contributed by atoms with Crippen molar-refractivity contribution in [1.29, 1.82) is 0 Å². The van der Waals surface area contributed by atoms with E-state index in [2.05, 4.69) is 5.32 Å². The highest BCUT2D eigenvalue weighted by molar-refractivity contribution is 5.94. The lowest BCUT2D eigenvalue weighted by molar-refractivity contribution is -0.115. The Hall–Kier alpha value is -2.33. The van der Waals surface area contributed by atoms with Gasteiger partial charge in [0.05, 0.1) is 6.54 Å². The molecule has 0 heterocycles. The van der Waals surface area contributed by atoms with Crippen LogP contribution in [-0.4, -0.2) is 30.7 Å². The lowest BCUT2D eigenvalue weighted by atomic mass is 10.1. The van der Waals surface area contributed by atoms with Crippen molar-refractivity contribution in [3.8, 4) is 0 Å². The Kier molecular flexibility index (Phi) is 5.98. The van der Waals surface area contributed by atoms with Crippen LogP contribution in [0.5, 0.6) is 0 Å². The Balaban J connectivity index is 1.94. The highest BCUT2D eigenvalue weighted by Crippen LogP contribution is 2.14. The molecule has 4 nitrogen and oxygen atoms in total. The second kappa shape index (κ2) is 8.20. The number of carbonyl (C=O) groups excluding carboxylic acids is 1. The summed E-state index contributed by atoms with van der Waals surface area (Å²) in [5, 5.41) is 11.8. The van der Waals surface area contributed by atoms with Crippen LogP contribution in [-0.2, 0) is 11.2 Å². The summed E-state index contributed by atoms with van der Waals surface area (Å²) < 4.78 is 0. The van der Waals surface area contributed by atoms with E-state index in [-0.39, 0.29) is 12.5 Å². The zero-order chi connectivity index (χ0) is 15.8. The van der Waals surface area contributed by atoms with E-state index in [1.165, 1.54) is 0 Å². The van der Waals surface area contributed by atoms with Crippen LogP contribution in [0, 0.1) is 0 Å². The van der Waals surface area contributed by atoms with Crippen molar-refractivity contribution in [3.63, 3.8) is 0 Å². The minimum Gasteiger partial charge on any atom is -0.396 e. The molecule has 0 atom stereocenters. The first kappa shape index (κ1) is 16.0. The van der Waals surface area contributed by atoms with Crippen LogP contribution < -0.4 is 10.2 Å². The van der Waals surface area contributed by atoms with Gasteiger partial charge in [-0.2, -0.15) is 0 Å². The Morgan fingerprint density at radius 2 is 1.77 bits per heavy atom. The molecule has 2 aromatic carbocycles. The summed E-state index contributed by atoms with van der Waals surface area (Å²) in [6.45, 7) is 3.25. The topological polar surface area (TPSA) is 52.6 Å². The van der Waals surface area contributed by atoms with E-state index in [1.807, 2.05) is 66.4 Å². The normalized spacial score (nSPS) is 10.3. The maximum absolute atomic E-state index is 12.2. The zero-order valence-electron chi connectivity index (χ0n) is 12.8. The molecule has 0 unspecified atom stereocenters. The standard InChI is InChI=1S/C18H22N2O2/c1-2-20(17-6-4-3-5-7-17)14-18(22)19-16-10-8-15(9-11-16)12-13-21/h3-11,21H,2,12-14H2,1H3,(H,19,22). The molecule has 0 saturated carbocycles. The number of amides is 1. The van der Waals surface area contributed by atoms with Crippen molar-refractivity contribution in [1.82, 2.24) is 0 Å². The summed E-state index contributed by atoms with van der Waals surface area (Å²) in [6.07, 6.45) is 0.631. The molecule has 0 fully saturated rings. The molecule has 0 aliphatic carbocycles. The van der Waals surface area contributed by atoms with Gasteiger partial charge in [0.25, 0.3) is 0 Å². The fourth-order valence-electron chi connectivity index (χ4n) is 2.28. The number of nitrogens with one attached hydrogen (secondary N) is 1. The molecule has 0 spiro atoms. The van der Waals surface area contributed by atoms with E-state index < -0.39 is 0 Å². The number of aliphatic hydroxyl groups is 1. The molecule has 2 rings (SSSR count). The van der Waals surface area contributed by atoms with Crippen molar-refractivity contribution in [2.45, 2.75) is 13.3 Å². The van der Waals surface area contributed by atoms with Gasteiger partial charge in [-0.1, -0.05) is 30.3 Å². The van der Waals surface area contributed by atoms with Crippen LogP contribution in [0.3, 0.4) is 0 Å². The van der Waals surface area contributed by atoms with Gasteiger partial charge in [-0.15, -0.1) is 0 Å². The number of aliphatic hydroxyl groups excluding tert-OH is 1. The molecule has 0 aliphatic heterocycles. The van der Waals surface area contributed by atoms with E-state index >= 15 is 0 Å². The average molecular weight is 298 g/mol. The monoisotopic (exact) mass is 298 g/mol. The van der Waals surface area contributed by atoms with E-state index in [0.717, 1.165) is 23.5 Å². The molecule has 22 heavy (non-hydrogen) atoms. The van der Waals surface area contributed by atoms with Crippen LogP contribution in [0.4, 0.5) is 11.4 Å². The van der Waals surface area contributed by atoms with Gasteiger partial charge in [0, 0.05) is 24.5 Å². The van der Waals surface area contributed by atoms with Gasteiger partial charge in [0.2, 0.25) is 5.91 Å². The Morgan fingerprint density at radius 3 is 2.36 bits per heavy atom. The molecule has 4 heteroatoms. The Labute approximate surface area is 131 Å². The second-order valence-electron chi connectivity index (χ2n) is 5.07. The third-order valence-electron chi connectivity index (χ3n) is 3.48. The van der Waals surface area contributed by atoms with Crippen LogP contribution in [0.15, 0.2) is 54.6 Å². The molecule has 2 aromatic rings. The first-order valence-corrected chi connectivity index (χ1v) is 7.52. The molecule has 1 amide bonds. The van der Waals surface area contributed by atoms with Crippen molar-refractivity contribution in [2.75, 3.05) is 29.9 Å². The van der Waals surface area contributed by atoms with Crippen LogP contribution in [0.2, 0.25) is 0 Å². The van der Waals surface area contributed by atoms with E-state index in [0.29, 0.717) is 13.0 Å². The first-order chi connectivity index (χ1) is 10.7. The van der Waals surface area contributed by atoms with Crippen LogP contribution >= 0.6 is 0 Å². The fraction of sp³-hybridized carbons (Fsp3) is 0.278. The molecule has 0 radical (unpaired) electrons. The Bertz CT molecular complexity index is 582. The summed E-state index contributed by atoms with van der Waals surface area (Å²) in [5.74, 6) is -0.0411. The molecule has 0 aromatic heterocycles. The number of likely N-dealkylation sites (N-methyl/N-ethyl adjacent to an activating group) is 1. The summed E-state index contributed by atoms with van der Waals surface area (Å²) in [6, 6.07) is 17.5. The number of carbonyl (C=O) groups is 1. The molecule has 2 N–H and O–H groups in total. The summed E-state index contributed by atoms with van der Waals surface area (Å²) >= 11 is 0. The van der Waals surface area contributed by atoms with E-state index in [1.54, 1.807) is 0 Å². The van der Waals surface area contributed by atoms with Gasteiger partial charge < -0.3 is 15.3 Å². The maximum Gasteiger partial charge on any atom is 0.243 e. The van der Waals surface area contributed by atoms with Gasteiger partial charge >= 0.3 is 0 Å². The molecule has 0 aliphatic rings. The summed E-state index contributed by atoms with van der Waals surface area (Å²) in [4.78, 5) is 14.2. The van der Waals surface area contributed by atoms with Gasteiger partial charge in [0.1, 0.15) is 0 Å². The number of benzene rings is 2. The smallest absolute Gasteiger partial charge is 0.243 e. The summed E-state index contributed by atoms with van der Waals surface area (Å²) in [5.41, 5.74) is 2.87. The number of hydrogen-bond donors (Lipinski definition) is 2. The predicted octanol–water partition coefficient (Wildman–Crippen LogP) is 2.69. The maximum atomic E-state index is 12.2. The SMILES string of the molecule is CCN(CC(=O)Nc1ccc(CCO)cc1)c1ccccc1. The number of anilines is 2. The molecule has 0 saturated heterocycles. The predicted molar refractivity (Wildman–Crippen MR) is 90.2 cm³/mol. The molecule has 116 valence electrons. The number of rotatable bonds is 7. The molecular formula is C18H22N2O2. The van der Waals surface area contributed by atoms with E-state index in [9.17, 15) is 4.79 Å². The largest absolute Gasteiger partial charge is 0.396 e. The van der Waals surface area contributed by atoms with Gasteiger partial charge in [-0.05, 0) is 43.2 Å². The molecular weight excluding hydrogens is 276 g/mol. The minimum atomic E-state index is -0.0411. The van der Waals surface area contributed by atoms with Crippen molar-refractivity contribution >= 4 is 17.3 Å². The van der Waals surface area contributed by atoms with Crippen LogP contribution in [0.25, 0.3) is 0 Å². The van der Waals surface area contributed by atoms with E-state index in [4.69, 9.17) is 5.11 Å². The lowest BCUT2D eigenvalue weighted by Gasteiger charge is -2.22.